The second-order valence-electron chi connectivity index (χ2n) is 2.80. The Labute approximate surface area is 70.2 Å². The summed E-state index contributed by atoms with van der Waals surface area (Å²) in [6.45, 7) is 1.63. The molecule has 0 aliphatic carbocycles. The van der Waals surface area contributed by atoms with Crippen LogP contribution in [0.1, 0.15) is 6.92 Å². The van der Waals surface area contributed by atoms with E-state index < -0.39 is 30.7 Å². The highest BCUT2D eigenvalue weighted by Gasteiger charge is 2.41. The van der Waals surface area contributed by atoms with Gasteiger partial charge >= 0.3 is 0 Å². The van der Waals surface area contributed by atoms with Gasteiger partial charge in [0.1, 0.15) is 18.3 Å². The molecular formula is C7H13O5. The van der Waals surface area contributed by atoms with Gasteiger partial charge < -0.3 is 25.2 Å². The number of hydrogen-bond donors (Lipinski definition) is 4. The Morgan fingerprint density at radius 2 is 1.58 bits per heavy atom. The maximum atomic E-state index is 9.25. The minimum Gasteiger partial charge on any atom is -0.388 e. The zero-order valence-corrected chi connectivity index (χ0v) is 6.66. The Balaban J connectivity index is 2.63. The summed E-state index contributed by atoms with van der Waals surface area (Å²) in [5, 5.41) is 36.4. The summed E-state index contributed by atoms with van der Waals surface area (Å²) >= 11 is 0. The van der Waals surface area contributed by atoms with Crippen molar-refractivity contribution in [3.05, 3.63) is 6.42 Å². The molecular weight excluding hydrogens is 164 g/mol. The van der Waals surface area contributed by atoms with E-state index in [1.807, 2.05) is 0 Å². The molecule has 1 radical (unpaired) electrons. The Morgan fingerprint density at radius 1 is 1.00 bits per heavy atom. The molecule has 5 unspecified atom stereocenters. The molecule has 0 amide bonds. The molecule has 0 aromatic heterocycles. The summed E-state index contributed by atoms with van der Waals surface area (Å²) in [4.78, 5) is 0. The molecule has 1 saturated heterocycles. The normalized spacial score (nSPS) is 49.2. The van der Waals surface area contributed by atoms with E-state index in [-0.39, 0.29) is 0 Å². The van der Waals surface area contributed by atoms with Gasteiger partial charge in [-0.25, -0.2) is 0 Å². The third-order valence-electron chi connectivity index (χ3n) is 1.95. The third kappa shape index (κ3) is 1.60. The van der Waals surface area contributed by atoms with Gasteiger partial charge in [0.25, 0.3) is 0 Å². The highest BCUT2D eigenvalue weighted by atomic mass is 16.6. The van der Waals surface area contributed by atoms with Crippen molar-refractivity contribution in [2.75, 3.05) is 0 Å². The van der Waals surface area contributed by atoms with E-state index in [1.165, 1.54) is 6.42 Å². The third-order valence-corrected chi connectivity index (χ3v) is 1.95. The molecule has 0 aromatic carbocycles. The van der Waals surface area contributed by atoms with Gasteiger partial charge in [0.2, 0.25) is 0 Å². The maximum Gasteiger partial charge on any atom is 0.183 e. The number of aliphatic hydroxyl groups excluding tert-OH is 4. The second kappa shape index (κ2) is 3.68. The number of aliphatic hydroxyl groups is 4. The summed E-state index contributed by atoms with van der Waals surface area (Å²) in [5.74, 6) is 0. The fraction of sp³-hybridized carbons (Fsp3) is 0.857. The molecule has 1 rings (SSSR count). The van der Waals surface area contributed by atoms with E-state index in [0.29, 0.717) is 0 Å². The van der Waals surface area contributed by atoms with Gasteiger partial charge in [0.05, 0.1) is 6.10 Å². The van der Waals surface area contributed by atoms with Crippen LogP contribution in [0.3, 0.4) is 0 Å². The molecule has 0 aromatic rings. The Hall–Kier alpha value is -0.200. The van der Waals surface area contributed by atoms with E-state index in [9.17, 15) is 5.11 Å². The first-order valence-corrected chi connectivity index (χ1v) is 3.75. The lowest BCUT2D eigenvalue weighted by Gasteiger charge is -2.37. The highest BCUT2D eigenvalue weighted by Crippen LogP contribution is 2.20. The van der Waals surface area contributed by atoms with Crippen LogP contribution in [0.25, 0.3) is 0 Å². The Bertz CT molecular complexity index is 146. The van der Waals surface area contributed by atoms with Crippen LogP contribution in [-0.2, 0) is 4.74 Å². The van der Waals surface area contributed by atoms with E-state index in [2.05, 4.69) is 0 Å². The van der Waals surface area contributed by atoms with Crippen LogP contribution < -0.4 is 0 Å². The van der Waals surface area contributed by atoms with Crippen molar-refractivity contribution < 1.29 is 25.2 Å². The standard InChI is InChI=1S/C7H13O5/c1-2-3-4(8)5(9)6(10)7(11)12-3/h2-11H,1H3. The number of hydrogen-bond acceptors (Lipinski definition) is 5. The first-order valence-electron chi connectivity index (χ1n) is 3.75. The van der Waals surface area contributed by atoms with Gasteiger partial charge in [-0.15, -0.1) is 0 Å². The van der Waals surface area contributed by atoms with E-state index >= 15 is 0 Å². The van der Waals surface area contributed by atoms with Crippen LogP contribution in [0.2, 0.25) is 0 Å². The van der Waals surface area contributed by atoms with Gasteiger partial charge in [-0.05, 0) is 6.42 Å². The molecule has 12 heavy (non-hydrogen) atoms. The van der Waals surface area contributed by atoms with Gasteiger partial charge in [0, 0.05) is 0 Å². The van der Waals surface area contributed by atoms with Crippen LogP contribution in [0.5, 0.6) is 0 Å². The molecule has 0 bridgehead atoms. The lowest BCUT2D eigenvalue weighted by Crippen LogP contribution is -2.57. The average molecular weight is 177 g/mol. The van der Waals surface area contributed by atoms with E-state index in [1.54, 1.807) is 6.92 Å². The summed E-state index contributed by atoms with van der Waals surface area (Å²) < 4.78 is 4.77. The van der Waals surface area contributed by atoms with Crippen molar-refractivity contribution in [2.45, 2.75) is 37.6 Å². The van der Waals surface area contributed by atoms with Gasteiger partial charge in [-0.1, -0.05) is 6.92 Å². The van der Waals surface area contributed by atoms with Crippen molar-refractivity contribution in [3.8, 4) is 0 Å². The smallest absolute Gasteiger partial charge is 0.183 e. The lowest BCUT2D eigenvalue weighted by atomic mass is 9.97. The molecule has 5 heteroatoms. The Kier molecular flexibility index (Phi) is 3.03. The fourth-order valence-corrected chi connectivity index (χ4v) is 1.16. The fourth-order valence-electron chi connectivity index (χ4n) is 1.16. The molecule has 0 saturated carbocycles. The predicted octanol–water partition coefficient (Wildman–Crippen LogP) is -1.99. The predicted molar refractivity (Wildman–Crippen MR) is 38.9 cm³/mol. The zero-order valence-electron chi connectivity index (χ0n) is 6.66. The highest BCUT2D eigenvalue weighted by molar-refractivity contribution is 4.93. The van der Waals surface area contributed by atoms with Gasteiger partial charge in [-0.3, -0.25) is 0 Å². The van der Waals surface area contributed by atoms with Crippen LogP contribution in [0.4, 0.5) is 0 Å². The monoisotopic (exact) mass is 177 g/mol. The van der Waals surface area contributed by atoms with E-state index in [0.717, 1.165) is 0 Å². The molecule has 1 aliphatic rings. The van der Waals surface area contributed by atoms with Crippen LogP contribution in [0, 0.1) is 6.42 Å². The van der Waals surface area contributed by atoms with Gasteiger partial charge in [-0.2, -0.15) is 0 Å². The first-order chi connectivity index (χ1) is 5.57. The molecule has 5 nitrogen and oxygen atoms in total. The Morgan fingerprint density at radius 3 is 2.08 bits per heavy atom. The van der Waals surface area contributed by atoms with Crippen molar-refractivity contribution in [1.29, 1.82) is 0 Å². The summed E-state index contributed by atoms with van der Waals surface area (Å²) in [6, 6.07) is 0. The summed E-state index contributed by atoms with van der Waals surface area (Å²) in [7, 11) is 0. The van der Waals surface area contributed by atoms with Crippen molar-refractivity contribution in [3.63, 3.8) is 0 Å². The summed E-state index contributed by atoms with van der Waals surface area (Å²) in [5.41, 5.74) is 0. The van der Waals surface area contributed by atoms with Crippen molar-refractivity contribution in [1.82, 2.24) is 0 Å². The molecule has 1 heterocycles. The molecule has 0 spiro atoms. The lowest BCUT2D eigenvalue weighted by molar-refractivity contribution is -0.274. The average Bonchev–Trinajstić information content (AvgIpc) is 2.08. The first kappa shape index (κ1) is 9.88. The quantitative estimate of drug-likeness (QED) is 0.372. The zero-order chi connectivity index (χ0) is 9.30. The van der Waals surface area contributed by atoms with Crippen molar-refractivity contribution >= 4 is 0 Å². The van der Waals surface area contributed by atoms with Gasteiger partial charge in [0.15, 0.2) is 6.29 Å². The topological polar surface area (TPSA) is 90.2 Å². The maximum absolute atomic E-state index is 9.25. The molecule has 1 fully saturated rings. The minimum atomic E-state index is -1.45. The molecule has 1 aliphatic heterocycles. The number of ether oxygens (including phenoxy) is 1. The summed E-state index contributed by atoms with van der Waals surface area (Å²) in [6.07, 6.45) is -4.68. The van der Waals surface area contributed by atoms with Crippen molar-refractivity contribution in [2.24, 2.45) is 0 Å². The largest absolute Gasteiger partial charge is 0.388 e. The van der Waals surface area contributed by atoms with E-state index in [4.69, 9.17) is 20.1 Å². The second-order valence-corrected chi connectivity index (χ2v) is 2.80. The molecule has 4 N–H and O–H groups in total. The van der Waals surface area contributed by atoms with Crippen LogP contribution >= 0.6 is 0 Å². The molecule has 5 atom stereocenters. The van der Waals surface area contributed by atoms with Crippen LogP contribution in [0.15, 0.2) is 0 Å². The minimum absolute atomic E-state index is 0.738. The SMILES string of the molecule is C[CH]C1OC(O)C(O)C(O)C1O. The molecule has 71 valence electrons. The number of rotatable bonds is 1. The van der Waals surface area contributed by atoms with Crippen LogP contribution in [-0.4, -0.2) is 51.1 Å².